The molecular formula is C25H28F2N4O3S. The Labute approximate surface area is 207 Å². The molecule has 35 heavy (non-hydrogen) atoms. The number of aliphatic hydroxyl groups is 1. The molecule has 1 aromatic heterocycles. The lowest BCUT2D eigenvalue weighted by atomic mass is 9.84. The van der Waals surface area contributed by atoms with Crippen molar-refractivity contribution in [3.05, 3.63) is 54.4 Å². The number of ether oxygens (including phenoxy) is 1. The molecule has 2 heterocycles. The highest BCUT2D eigenvalue weighted by molar-refractivity contribution is 8.00. The topological polar surface area (TPSA) is 87.6 Å². The van der Waals surface area contributed by atoms with Crippen LogP contribution in [-0.4, -0.2) is 51.2 Å². The highest BCUT2D eigenvalue weighted by Gasteiger charge is 2.35. The fourth-order valence-electron chi connectivity index (χ4n) is 4.38. The lowest BCUT2D eigenvalue weighted by molar-refractivity contribution is -0.0504. The van der Waals surface area contributed by atoms with Gasteiger partial charge < -0.3 is 19.5 Å². The number of nitrogens with one attached hydrogen (secondary N) is 1. The number of carbonyl (C=O) groups excluding carboxylic acids is 1. The predicted molar refractivity (Wildman–Crippen MR) is 132 cm³/mol. The Kier molecular flexibility index (Phi) is 7.71. The average Bonchev–Trinajstić information content (AvgIpc) is 2.82. The van der Waals surface area contributed by atoms with Crippen molar-refractivity contribution in [2.45, 2.75) is 50.2 Å². The van der Waals surface area contributed by atoms with E-state index in [9.17, 15) is 18.7 Å². The van der Waals surface area contributed by atoms with E-state index in [1.807, 2.05) is 32.0 Å². The van der Waals surface area contributed by atoms with E-state index < -0.39 is 18.1 Å². The van der Waals surface area contributed by atoms with Gasteiger partial charge in [-0.05, 0) is 61.4 Å². The van der Waals surface area contributed by atoms with Crippen molar-refractivity contribution in [1.29, 1.82) is 0 Å². The number of aromatic nitrogens is 2. The summed E-state index contributed by atoms with van der Waals surface area (Å²) in [7, 11) is 0. The zero-order valence-electron chi connectivity index (χ0n) is 19.6. The second kappa shape index (κ2) is 10.7. The summed E-state index contributed by atoms with van der Waals surface area (Å²) in [5, 5.41) is 10.8. The van der Waals surface area contributed by atoms with E-state index in [2.05, 4.69) is 14.7 Å². The highest BCUT2D eigenvalue weighted by Crippen LogP contribution is 2.33. The molecule has 186 valence electrons. The van der Waals surface area contributed by atoms with Crippen molar-refractivity contribution >= 4 is 34.6 Å². The zero-order chi connectivity index (χ0) is 25.0. The van der Waals surface area contributed by atoms with Crippen molar-refractivity contribution in [3.8, 4) is 5.75 Å². The molecule has 0 aliphatic carbocycles. The maximum atomic E-state index is 13.2. The van der Waals surface area contributed by atoms with E-state index in [-0.39, 0.29) is 11.3 Å². The van der Waals surface area contributed by atoms with E-state index in [0.29, 0.717) is 49.5 Å². The average molecular weight is 503 g/mol. The number of benzene rings is 2. The van der Waals surface area contributed by atoms with E-state index in [1.54, 1.807) is 23.4 Å². The molecule has 2 N–H and O–H groups in total. The van der Waals surface area contributed by atoms with Gasteiger partial charge in [0.1, 0.15) is 11.3 Å². The number of hydrogen-bond donors (Lipinski definition) is 2. The van der Waals surface area contributed by atoms with Gasteiger partial charge >= 0.3 is 6.61 Å². The van der Waals surface area contributed by atoms with Crippen molar-refractivity contribution in [3.63, 3.8) is 0 Å². The van der Waals surface area contributed by atoms with E-state index >= 15 is 0 Å². The third-order valence-electron chi connectivity index (χ3n) is 5.94. The van der Waals surface area contributed by atoms with Crippen LogP contribution in [-0.2, 0) is 0 Å². The van der Waals surface area contributed by atoms with Crippen LogP contribution >= 0.6 is 11.9 Å². The molecule has 1 aliphatic rings. The maximum Gasteiger partial charge on any atom is 0.387 e. The van der Waals surface area contributed by atoms with Crippen LogP contribution < -0.4 is 9.46 Å². The van der Waals surface area contributed by atoms with Gasteiger partial charge in [0, 0.05) is 37.2 Å². The number of hydrogen-bond acceptors (Lipinski definition) is 7. The first kappa shape index (κ1) is 25.1. The first-order valence-corrected chi connectivity index (χ1v) is 12.3. The quantitative estimate of drug-likeness (QED) is 0.401. The minimum absolute atomic E-state index is 0.0613. The van der Waals surface area contributed by atoms with Gasteiger partial charge in [-0.2, -0.15) is 8.78 Å². The third kappa shape index (κ3) is 6.18. The summed E-state index contributed by atoms with van der Waals surface area (Å²) in [6.45, 7) is 1.73. The minimum Gasteiger partial charge on any atom is -0.434 e. The van der Waals surface area contributed by atoms with Crippen molar-refractivity contribution in [2.24, 2.45) is 5.92 Å². The van der Waals surface area contributed by atoms with Gasteiger partial charge in [0.15, 0.2) is 0 Å². The lowest BCUT2D eigenvalue weighted by Gasteiger charge is -2.39. The SMILES string of the molecule is CC(C)CC1(O)CCN(C(=O)c2ccc(NSc3cccc4nccnc34)cc2OC(F)F)CC1. The zero-order valence-corrected chi connectivity index (χ0v) is 20.4. The number of anilines is 1. The van der Waals surface area contributed by atoms with Crippen molar-refractivity contribution in [1.82, 2.24) is 14.9 Å². The first-order valence-electron chi connectivity index (χ1n) is 11.5. The summed E-state index contributed by atoms with van der Waals surface area (Å²) in [5.41, 5.74) is 1.21. The largest absolute Gasteiger partial charge is 0.434 e. The predicted octanol–water partition coefficient (Wildman–Crippen LogP) is 5.36. The van der Waals surface area contributed by atoms with Gasteiger partial charge in [0.05, 0.1) is 21.6 Å². The van der Waals surface area contributed by atoms with Gasteiger partial charge in [-0.15, -0.1) is 0 Å². The molecule has 1 amide bonds. The van der Waals surface area contributed by atoms with Crippen LogP contribution in [0.25, 0.3) is 11.0 Å². The summed E-state index contributed by atoms with van der Waals surface area (Å²) in [6, 6.07) is 10.1. The molecule has 4 rings (SSSR count). The third-order valence-corrected chi connectivity index (χ3v) is 6.83. The molecule has 10 heteroatoms. The summed E-state index contributed by atoms with van der Waals surface area (Å²) in [6.07, 6.45) is 4.78. The molecular weight excluding hydrogens is 474 g/mol. The maximum absolute atomic E-state index is 13.2. The number of likely N-dealkylation sites (tertiary alicyclic amines) is 1. The Morgan fingerprint density at radius 3 is 2.66 bits per heavy atom. The number of para-hydroxylation sites is 1. The second-order valence-electron chi connectivity index (χ2n) is 9.09. The molecule has 0 atom stereocenters. The number of rotatable bonds is 8. The first-order chi connectivity index (χ1) is 16.7. The Balaban J connectivity index is 1.49. The Morgan fingerprint density at radius 2 is 1.94 bits per heavy atom. The number of alkyl halides is 2. The van der Waals surface area contributed by atoms with Gasteiger partial charge in [-0.1, -0.05) is 19.9 Å². The van der Waals surface area contributed by atoms with E-state index in [0.717, 1.165) is 10.4 Å². The smallest absolute Gasteiger partial charge is 0.387 e. The normalized spacial score (nSPS) is 15.6. The molecule has 2 aromatic carbocycles. The number of fused-ring (bicyclic) bond motifs is 1. The molecule has 1 aliphatic heterocycles. The summed E-state index contributed by atoms with van der Waals surface area (Å²) in [4.78, 5) is 24.2. The van der Waals surface area contributed by atoms with Crippen LogP contribution in [0.3, 0.4) is 0 Å². The molecule has 0 spiro atoms. The lowest BCUT2D eigenvalue weighted by Crippen LogP contribution is -2.47. The van der Waals surface area contributed by atoms with Crippen molar-refractivity contribution in [2.75, 3.05) is 17.8 Å². The number of amides is 1. The minimum atomic E-state index is -3.07. The monoisotopic (exact) mass is 502 g/mol. The number of nitrogens with zero attached hydrogens (tertiary/aromatic N) is 3. The van der Waals surface area contributed by atoms with Gasteiger partial charge in [0.25, 0.3) is 5.91 Å². The molecule has 0 unspecified atom stereocenters. The molecule has 7 nitrogen and oxygen atoms in total. The molecule has 1 saturated heterocycles. The fourth-order valence-corrected chi connectivity index (χ4v) is 5.13. The fraction of sp³-hybridized carbons (Fsp3) is 0.400. The van der Waals surface area contributed by atoms with Gasteiger partial charge in [0.2, 0.25) is 0 Å². The summed E-state index contributed by atoms with van der Waals surface area (Å²) >= 11 is 1.26. The number of carbonyl (C=O) groups is 1. The van der Waals surface area contributed by atoms with Gasteiger partial charge in [-0.25, -0.2) is 0 Å². The van der Waals surface area contributed by atoms with Crippen molar-refractivity contribution < 1.29 is 23.4 Å². The number of halogens is 2. The standard InChI is InChI=1S/C25H28F2N4O3S/c1-16(2)15-25(33)8-12-31(13-9-25)23(32)18-7-6-17(14-20(18)34-24(26)27)30-35-21-5-3-4-19-22(21)29-11-10-28-19/h3-7,10-11,14,16,24,30,33H,8-9,12-13,15H2,1-2H3. The second-order valence-corrected chi connectivity index (χ2v) is 9.94. The molecule has 1 fully saturated rings. The highest BCUT2D eigenvalue weighted by atomic mass is 32.2. The van der Waals surface area contributed by atoms with E-state index in [1.165, 1.54) is 24.1 Å². The van der Waals surface area contributed by atoms with E-state index in [4.69, 9.17) is 4.74 Å². The van der Waals surface area contributed by atoms with Crippen LogP contribution in [0, 0.1) is 5.92 Å². The van der Waals surface area contributed by atoms with Crippen LogP contribution in [0.1, 0.15) is 43.5 Å². The molecule has 0 radical (unpaired) electrons. The number of piperidine rings is 1. The molecule has 3 aromatic rings. The van der Waals surface area contributed by atoms with Crippen LogP contribution in [0.5, 0.6) is 5.75 Å². The van der Waals surface area contributed by atoms with Crippen LogP contribution in [0.15, 0.2) is 53.7 Å². The Morgan fingerprint density at radius 1 is 1.20 bits per heavy atom. The Bertz CT molecular complexity index is 1180. The molecule has 0 saturated carbocycles. The van der Waals surface area contributed by atoms with Crippen LogP contribution in [0.2, 0.25) is 0 Å². The molecule has 0 bridgehead atoms. The summed E-state index contributed by atoms with van der Waals surface area (Å²) in [5.74, 6) is -0.251. The van der Waals surface area contributed by atoms with Crippen LogP contribution in [0.4, 0.5) is 14.5 Å². The Hall–Kier alpha value is -2.98. The summed E-state index contributed by atoms with van der Waals surface area (Å²) < 4.78 is 34.1. The van der Waals surface area contributed by atoms with Gasteiger partial charge in [-0.3, -0.25) is 14.8 Å².